The van der Waals surface area contributed by atoms with Crippen molar-refractivity contribution in [1.82, 2.24) is 25.0 Å². The van der Waals surface area contributed by atoms with Crippen LogP contribution in [-0.4, -0.2) is 63.9 Å². The van der Waals surface area contributed by atoms with Gasteiger partial charge in [0.05, 0.1) is 19.1 Å². The number of carbonyl (C=O) groups excluding carboxylic acids is 1. The van der Waals surface area contributed by atoms with Crippen molar-refractivity contribution < 1.29 is 9.53 Å². The lowest BCUT2D eigenvalue weighted by atomic mass is 9.98. The maximum atomic E-state index is 12.2. The Bertz CT molecular complexity index is 659. The number of hydrogen-bond acceptors (Lipinski definition) is 5. The highest BCUT2D eigenvalue weighted by Gasteiger charge is 2.29. The summed E-state index contributed by atoms with van der Waals surface area (Å²) in [5.41, 5.74) is 0. The molecule has 1 aliphatic carbocycles. The van der Waals surface area contributed by atoms with E-state index in [4.69, 9.17) is 9.73 Å². The summed E-state index contributed by atoms with van der Waals surface area (Å²) in [5.74, 6) is 1.78. The molecule has 1 saturated carbocycles. The highest BCUT2D eigenvalue weighted by atomic mass is 127. The Labute approximate surface area is 190 Å². The van der Waals surface area contributed by atoms with Gasteiger partial charge in [-0.05, 0) is 32.6 Å². The first-order valence-electron chi connectivity index (χ1n) is 10.8. The first-order chi connectivity index (χ1) is 13.7. The normalized spacial score (nSPS) is 20.4. The molecule has 0 amide bonds. The Morgan fingerprint density at radius 3 is 2.79 bits per heavy atom. The number of guanidine groups is 1. The third-order valence-electron chi connectivity index (χ3n) is 5.64. The van der Waals surface area contributed by atoms with Crippen LogP contribution in [-0.2, 0) is 22.5 Å². The van der Waals surface area contributed by atoms with Gasteiger partial charge in [0.1, 0.15) is 12.2 Å². The molecule has 9 heteroatoms. The fraction of sp³-hybridized carbons (Fsp3) is 0.800. The standard InChI is InChI=1S/C20H34N6O2.HI/c1-3-18-24-22-15-26(18)13-11-21-20(23-17-9-5-6-10-17)25-12-7-8-16(14-25)19(27)28-4-2;/h15-17H,3-14H2,1-2H3,(H,21,23);1H. The van der Waals surface area contributed by atoms with E-state index in [9.17, 15) is 4.79 Å². The molecule has 2 aliphatic rings. The van der Waals surface area contributed by atoms with Gasteiger partial charge in [-0.1, -0.05) is 19.8 Å². The topological polar surface area (TPSA) is 84.6 Å². The Hall–Kier alpha value is -1.39. The van der Waals surface area contributed by atoms with E-state index in [1.165, 1.54) is 25.7 Å². The van der Waals surface area contributed by atoms with E-state index in [0.29, 0.717) is 25.7 Å². The van der Waals surface area contributed by atoms with Crippen molar-refractivity contribution in [2.75, 3.05) is 26.2 Å². The second-order valence-electron chi connectivity index (χ2n) is 7.66. The summed E-state index contributed by atoms with van der Waals surface area (Å²) in [6, 6.07) is 0.489. The second-order valence-corrected chi connectivity index (χ2v) is 7.66. The van der Waals surface area contributed by atoms with Crippen molar-refractivity contribution >= 4 is 35.9 Å². The summed E-state index contributed by atoms with van der Waals surface area (Å²) in [6.45, 7) is 7.44. The molecule has 29 heavy (non-hydrogen) atoms. The van der Waals surface area contributed by atoms with Crippen molar-refractivity contribution in [3.63, 3.8) is 0 Å². The van der Waals surface area contributed by atoms with Gasteiger partial charge in [0.25, 0.3) is 0 Å². The number of likely N-dealkylation sites (tertiary alicyclic amines) is 1. The lowest BCUT2D eigenvalue weighted by molar-refractivity contribution is -0.149. The molecule has 0 bridgehead atoms. The Kier molecular flexibility index (Phi) is 10.2. The smallest absolute Gasteiger partial charge is 0.310 e. The number of carbonyl (C=O) groups is 1. The molecule has 1 unspecified atom stereocenters. The van der Waals surface area contributed by atoms with Crippen molar-refractivity contribution in [3.8, 4) is 0 Å². The molecular weight excluding hydrogens is 483 g/mol. The molecule has 164 valence electrons. The van der Waals surface area contributed by atoms with Gasteiger partial charge in [0.2, 0.25) is 0 Å². The first kappa shape index (κ1) is 23.9. The monoisotopic (exact) mass is 518 g/mol. The van der Waals surface area contributed by atoms with Gasteiger partial charge in [0.15, 0.2) is 5.96 Å². The number of hydrogen-bond donors (Lipinski definition) is 1. The van der Waals surface area contributed by atoms with E-state index in [2.05, 4.69) is 31.9 Å². The third-order valence-corrected chi connectivity index (χ3v) is 5.64. The lowest BCUT2D eigenvalue weighted by Gasteiger charge is -2.35. The number of piperidine rings is 1. The molecule has 1 atom stereocenters. The summed E-state index contributed by atoms with van der Waals surface area (Å²) in [4.78, 5) is 19.4. The summed E-state index contributed by atoms with van der Waals surface area (Å²) in [7, 11) is 0. The second kappa shape index (κ2) is 12.3. The van der Waals surface area contributed by atoms with E-state index in [1.807, 2.05) is 6.92 Å². The molecule has 8 nitrogen and oxygen atoms in total. The Morgan fingerprint density at radius 2 is 2.07 bits per heavy atom. The minimum absolute atomic E-state index is 0. The van der Waals surface area contributed by atoms with Crippen LogP contribution in [0.1, 0.15) is 58.2 Å². The quantitative estimate of drug-likeness (QED) is 0.259. The Balaban J connectivity index is 0.00000300. The molecule has 1 aliphatic heterocycles. The molecule has 1 aromatic heterocycles. The minimum atomic E-state index is -0.0792. The average molecular weight is 518 g/mol. The van der Waals surface area contributed by atoms with Crippen LogP contribution < -0.4 is 5.32 Å². The van der Waals surface area contributed by atoms with E-state index < -0.39 is 0 Å². The minimum Gasteiger partial charge on any atom is -0.466 e. The fourth-order valence-electron chi connectivity index (χ4n) is 4.11. The zero-order valence-electron chi connectivity index (χ0n) is 17.7. The predicted molar refractivity (Wildman–Crippen MR) is 123 cm³/mol. The van der Waals surface area contributed by atoms with Gasteiger partial charge in [-0.3, -0.25) is 9.79 Å². The molecule has 1 N–H and O–H groups in total. The van der Waals surface area contributed by atoms with Crippen LogP contribution >= 0.6 is 24.0 Å². The van der Waals surface area contributed by atoms with Crippen molar-refractivity contribution in [2.24, 2.45) is 10.9 Å². The maximum Gasteiger partial charge on any atom is 0.310 e. The molecule has 1 saturated heterocycles. The number of aromatic nitrogens is 3. The van der Waals surface area contributed by atoms with Crippen LogP contribution in [0.3, 0.4) is 0 Å². The number of aryl methyl sites for hydroxylation is 1. The van der Waals surface area contributed by atoms with E-state index in [1.54, 1.807) is 6.33 Å². The van der Waals surface area contributed by atoms with Crippen molar-refractivity contribution in [2.45, 2.75) is 71.4 Å². The zero-order chi connectivity index (χ0) is 19.8. The van der Waals surface area contributed by atoms with Crippen molar-refractivity contribution in [1.29, 1.82) is 0 Å². The number of ether oxygens (including phenoxy) is 1. The molecule has 0 radical (unpaired) electrons. The van der Waals surface area contributed by atoms with Crippen LogP contribution in [0.5, 0.6) is 0 Å². The molecule has 0 spiro atoms. The van der Waals surface area contributed by atoms with Crippen molar-refractivity contribution in [3.05, 3.63) is 12.2 Å². The number of nitrogens with one attached hydrogen (secondary N) is 1. The maximum absolute atomic E-state index is 12.2. The van der Waals surface area contributed by atoms with Gasteiger partial charge in [-0.15, -0.1) is 34.2 Å². The summed E-state index contributed by atoms with van der Waals surface area (Å²) in [6.07, 6.45) is 9.46. The van der Waals surface area contributed by atoms with Gasteiger partial charge in [-0.2, -0.15) is 0 Å². The van der Waals surface area contributed by atoms with Crippen LogP contribution in [0.4, 0.5) is 0 Å². The molecule has 2 heterocycles. The van der Waals surface area contributed by atoms with Gasteiger partial charge < -0.3 is 19.5 Å². The molecule has 3 rings (SSSR count). The first-order valence-corrected chi connectivity index (χ1v) is 10.8. The largest absolute Gasteiger partial charge is 0.466 e. The molecule has 0 aromatic carbocycles. The third kappa shape index (κ3) is 6.82. The number of nitrogens with zero attached hydrogens (tertiary/aromatic N) is 5. The van der Waals surface area contributed by atoms with Gasteiger partial charge >= 0.3 is 5.97 Å². The fourth-order valence-corrected chi connectivity index (χ4v) is 4.11. The molecule has 2 fully saturated rings. The number of esters is 1. The average Bonchev–Trinajstić information content (AvgIpc) is 3.39. The number of halogens is 1. The van der Waals surface area contributed by atoms with Crippen LogP contribution in [0.15, 0.2) is 11.3 Å². The SMILES string of the molecule is CCOC(=O)C1CCCN(C(=NCCn2cnnc2CC)NC2CCCC2)C1.I. The number of rotatable bonds is 7. The van der Waals surface area contributed by atoms with E-state index in [-0.39, 0.29) is 35.9 Å². The van der Waals surface area contributed by atoms with E-state index >= 15 is 0 Å². The van der Waals surface area contributed by atoms with Gasteiger partial charge in [0, 0.05) is 32.1 Å². The summed E-state index contributed by atoms with van der Waals surface area (Å²) in [5, 5.41) is 11.8. The van der Waals surface area contributed by atoms with Crippen LogP contribution in [0, 0.1) is 5.92 Å². The molecule has 1 aromatic rings. The number of aliphatic imine (C=N–C) groups is 1. The predicted octanol–water partition coefficient (Wildman–Crippen LogP) is 2.62. The lowest BCUT2D eigenvalue weighted by Crippen LogP contribution is -2.50. The highest BCUT2D eigenvalue weighted by molar-refractivity contribution is 14.0. The van der Waals surface area contributed by atoms with Crippen LogP contribution in [0.25, 0.3) is 0 Å². The summed E-state index contributed by atoms with van der Waals surface area (Å²) >= 11 is 0. The zero-order valence-corrected chi connectivity index (χ0v) is 20.0. The van der Waals surface area contributed by atoms with Crippen LogP contribution in [0.2, 0.25) is 0 Å². The van der Waals surface area contributed by atoms with Gasteiger partial charge in [-0.25, -0.2) is 0 Å². The van der Waals surface area contributed by atoms with E-state index in [0.717, 1.165) is 44.1 Å². The summed E-state index contributed by atoms with van der Waals surface area (Å²) < 4.78 is 7.32. The molecular formula is C20H35IN6O2. The highest BCUT2D eigenvalue weighted by Crippen LogP contribution is 2.21. The Morgan fingerprint density at radius 1 is 1.28 bits per heavy atom.